The predicted molar refractivity (Wildman–Crippen MR) is 64.7 cm³/mol. The van der Waals surface area contributed by atoms with Gasteiger partial charge in [0.25, 0.3) is 0 Å². The highest BCUT2D eigenvalue weighted by molar-refractivity contribution is 9.10. The van der Waals surface area contributed by atoms with Crippen LogP contribution in [0.3, 0.4) is 0 Å². The van der Waals surface area contributed by atoms with E-state index in [4.69, 9.17) is 0 Å². The number of rotatable bonds is 1. The topological polar surface area (TPSA) is 12.9 Å². The average Bonchev–Trinajstić information content (AvgIpc) is 2.56. The smallest absolute Gasteiger partial charge is 0.123 e. The van der Waals surface area contributed by atoms with Gasteiger partial charge in [0, 0.05) is 21.1 Å². The molecule has 2 rings (SSSR count). The van der Waals surface area contributed by atoms with Crippen molar-refractivity contribution in [2.75, 3.05) is 0 Å². The van der Waals surface area contributed by atoms with Gasteiger partial charge >= 0.3 is 0 Å². The van der Waals surface area contributed by atoms with Gasteiger partial charge in [-0.1, -0.05) is 22.0 Å². The fourth-order valence-corrected chi connectivity index (χ4v) is 2.54. The Kier molecular flexibility index (Phi) is 2.70. The summed E-state index contributed by atoms with van der Waals surface area (Å²) in [5.74, 6) is 0. The zero-order valence-corrected chi connectivity index (χ0v) is 10.4. The van der Waals surface area contributed by atoms with Crippen LogP contribution in [0.25, 0.3) is 10.6 Å². The molecule has 2 aromatic rings. The Morgan fingerprint density at radius 1 is 1.29 bits per heavy atom. The molecular weight excluding hydrogens is 258 g/mol. The quantitative estimate of drug-likeness (QED) is 0.755. The van der Waals surface area contributed by atoms with E-state index in [1.54, 1.807) is 11.3 Å². The molecule has 0 spiro atoms. The van der Waals surface area contributed by atoms with Crippen LogP contribution in [-0.4, -0.2) is 4.98 Å². The van der Waals surface area contributed by atoms with Gasteiger partial charge < -0.3 is 0 Å². The Labute approximate surface area is 95.9 Å². The fourth-order valence-electron chi connectivity index (χ4n) is 1.30. The molecule has 1 heterocycles. The molecule has 1 nitrogen and oxygen atoms in total. The van der Waals surface area contributed by atoms with E-state index in [-0.39, 0.29) is 0 Å². The summed E-state index contributed by atoms with van der Waals surface area (Å²) >= 11 is 5.17. The van der Waals surface area contributed by atoms with E-state index in [1.807, 2.05) is 6.92 Å². The van der Waals surface area contributed by atoms with Gasteiger partial charge in [-0.3, -0.25) is 0 Å². The number of aromatic nitrogens is 1. The van der Waals surface area contributed by atoms with E-state index in [9.17, 15) is 0 Å². The highest BCUT2D eigenvalue weighted by Gasteiger charge is 2.05. The van der Waals surface area contributed by atoms with Crippen LogP contribution in [-0.2, 0) is 0 Å². The predicted octanol–water partition coefficient (Wildman–Crippen LogP) is 4.19. The fraction of sp³-hybridized carbons (Fsp3) is 0.182. The summed E-state index contributed by atoms with van der Waals surface area (Å²) in [4.78, 5) is 4.48. The second-order valence-electron chi connectivity index (χ2n) is 3.25. The number of hydrogen-bond acceptors (Lipinski definition) is 2. The van der Waals surface area contributed by atoms with Crippen LogP contribution >= 0.6 is 27.3 Å². The average molecular weight is 268 g/mol. The van der Waals surface area contributed by atoms with Crippen LogP contribution < -0.4 is 0 Å². The highest BCUT2D eigenvalue weighted by Crippen LogP contribution is 2.29. The van der Waals surface area contributed by atoms with Crippen molar-refractivity contribution >= 4 is 27.3 Å². The van der Waals surface area contributed by atoms with Gasteiger partial charge in [-0.2, -0.15) is 0 Å². The van der Waals surface area contributed by atoms with Crippen molar-refractivity contribution in [1.82, 2.24) is 4.98 Å². The standard InChI is InChI=1S/C11H10BrNS/c1-7-3-4-9(12)5-10(7)11-13-8(2)6-14-11/h3-6H,1-2H3. The first-order valence-electron chi connectivity index (χ1n) is 4.35. The van der Waals surface area contributed by atoms with Gasteiger partial charge in [0.1, 0.15) is 5.01 Å². The molecule has 0 N–H and O–H groups in total. The van der Waals surface area contributed by atoms with E-state index in [0.29, 0.717) is 0 Å². The number of thiazole rings is 1. The highest BCUT2D eigenvalue weighted by atomic mass is 79.9. The van der Waals surface area contributed by atoms with Crippen molar-refractivity contribution in [3.05, 3.63) is 39.3 Å². The number of halogens is 1. The van der Waals surface area contributed by atoms with Gasteiger partial charge in [-0.15, -0.1) is 11.3 Å². The van der Waals surface area contributed by atoms with E-state index < -0.39 is 0 Å². The van der Waals surface area contributed by atoms with Gasteiger partial charge in [-0.05, 0) is 31.5 Å². The molecular formula is C11H10BrNS. The van der Waals surface area contributed by atoms with Crippen molar-refractivity contribution < 1.29 is 0 Å². The number of hydrogen-bond donors (Lipinski definition) is 0. The first-order valence-corrected chi connectivity index (χ1v) is 6.03. The Balaban J connectivity index is 2.55. The molecule has 1 aromatic carbocycles. The lowest BCUT2D eigenvalue weighted by molar-refractivity contribution is 1.26. The maximum atomic E-state index is 4.48. The summed E-state index contributed by atoms with van der Waals surface area (Å²) in [5.41, 5.74) is 3.57. The van der Waals surface area contributed by atoms with Gasteiger partial charge in [0.2, 0.25) is 0 Å². The maximum absolute atomic E-state index is 4.48. The molecule has 0 aliphatic heterocycles. The molecule has 0 bridgehead atoms. The second-order valence-corrected chi connectivity index (χ2v) is 5.03. The summed E-state index contributed by atoms with van der Waals surface area (Å²) in [7, 11) is 0. The first kappa shape index (κ1) is 9.87. The normalized spacial score (nSPS) is 10.5. The molecule has 14 heavy (non-hydrogen) atoms. The van der Waals surface area contributed by atoms with Crippen LogP contribution in [0.2, 0.25) is 0 Å². The van der Waals surface area contributed by atoms with Crippen LogP contribution in [0.4, 0.5) is 0 Å². The van der Waals surface area contributed by atoms with Crippen molar-refractivity contribution in [3.8, 4) is 10.6 Å². The Hall–Kier alpha value is -0.670. The first-order chi connectivity index (χ1) is 6.66. The van der Waals surface area contributed by atoms with Crippen LogP contribution in [0.1, 0.15) is 11.3 Å². The van der Waals surface area contributed by atoms with Gasteiger partial charge in [0.15, 0.2) is 0 Å². The Bertz CT molecular complexity index is 462. The Morgan fingerprint density at radius 3 is 2.71 bits per heavy atom. The summed E-state index contributed by atoms with van der Waals surface area (Å²) in [6.07, 6.45) is 0. The van der Waals surface area contributed by atoms with Gasteiger partial charge in [0.05, 0.1) is 0 Å². The SMILES string of the molecule is Cc1csc(-c2cc(Br)ccc2C)n1. The van der Waals surface area contributed by atoms with E-state index in [2.05, 4.69) is 51.4 Å². The molecule has 0 aliphatic carbocycles. The third-order valence-corrected chi connectivity index (χ3v) is 3.54. The summed E-state index contributed by atoms with van der Waals surface area (Å²) in [5, 5.41) is 3.18. The lowest BCUT2D eigenvalue weighted by Gasteiger charge is -2.02. The minimum atomic E-state index is 1.09. The van der Waals surface area contributed by atoms with Crippen LogP contribution in [0.15, 0.2) is 28.1 Å². The number of aryl methyl sites for hydroxylation is 2. The van der Waals surface area contributed by atoms with E-state index >= 15 is 0 Å². The van der Waals surface area contributed by atoms with Crippen LogP contribution in [0, 0.1) is 13.8 Å². The molecule has 0 amide bonds. The molecule has 72 valence electrons. The summed E-state index contributed by atoms with van der Waals surface area (Å²) in [6, 6.07) is 6.28. The van der Waals surface area contributed by atoms with Crippen molar-refractivity contribution in [1.29, 1.82) is 0 Å². The zero-order valence-electron chi connectivity index (χ0n) is 8.04. The number of nitrogens with zero attached hydrogens (tertiary/aromatic N) is 1. The molecule has 0 fully saturated rings. The zero-order chi connectivity index (χ0) is 10.1. The minimum Gasteiger partial charge on any atom is -0.241 e. The minimum absolute atomic E-state index is 1.09. The number of benzene rings is 1. The van der Waals surface area contributed by atoms with Gasteiger partial charge in [-0.25, -0.2) is 4.98 Å². The largest absolute Gasteiger partial charge is 0.241 e. The molecule has 0 unspecified atom stereocenters. The third kappa shape index (κ3) is 1.88. The summed E-state index contributed by atoms with van der Waals surface area (Å²) < 4.78 is 1.10. The Morgan fingerprint density at radius 2 is 2.07 bits per heavy atom. The summed E-state index contributed by atoms with van der Waals surface area (Å²) in [6.45, 7) is 4.13. The van der Waals surface area contributed by atoms with Crippen molar-refractivity contribution in [2.45, 2.75) is 13.8 Å². The van der Waals surface area contributed by atoms with Crippen molar-refractivity contribution in [3.63, 3.8) is 0 Å². The van der Waals surface area contributed by atoms with E-state index in [0.717, 1.165) is 15.2 Å². The molecule has 3 heteroatoms. The molecule has 0 radical (unpaired) electrons. The lowest BCUT2D eigenvalue weighted by atomic mass is 10.1. The molecule has 0 saturated heterocycles. The molecule has 0 atom stereocenters. The van der Waals surface area contributed by atoms with Crippen LogP contribution in [0.5, 0.6) is 0 Å². The second kappa shape index (κ2) is 3.83. The monoisotopic (exact) mass is 267 g/mol. The molecule has 0 saturated carbocycles. The lowest BCUT2D eigenvalue weighted by Crippen LogP contribution is -1.82. The van der Waals surface area contributed by atoms with Crippen molar-refractivity contribution in [2.24, 2.45) is 0 Å². The van der Waals surface area contributed by atoms with E-state index in [1.165, 1.54) is 11.1 Å². The third-order valence-electron chi connectivity index (χ3n) is 2.05. The molecule has 0 aliphatic rings. The molecule has 1 aromatic heterocycles. The maximum Gasteiger partial charge on any atom is 0.123 e.